The third-order valence-electron chi connectivity index (χ3n) is 3.28. The van der Waals surface area contributed by atoms with Gasteiger partial charge in [0.1, 0.15) is 6.61 Å². The van der Waals surface area contributed by atoms with Crippen LogP contribution in [0.5, 0.6) is 0 Å². The second kappa shape index (κ2) is 13.9. The fourth-order valence-corrected chi connectivity index (χ4v) is 2.04. The summed E-state index contributed by atoms with van der Waals surface area (Å²) in [6.45, 7) is 5.82. The Morgan fingerprint density at radius 2 is 1.71 bits per heavy atom. The lowest BCUT2D eigenvalue weighted by Gasteiger charge is -2.21. The Morgan fingerprint density at radius 3 is 2.33 bits per heavy atom. The topological polar surface area (TPSA) is 68.2 Å². The second-order valence-electron chi connectivity index (χ2n) is 5.37. The predicted molar refractivity (Wildman–Crippen MR) is 91.7 cm³/mol. The molecule has 24 heavy (non-hydrogen) atoms. The molecule has 6 heteroatoms. The Bertz CT molecular complexity index is 415. The Labute approximate surface area is 144 Å². The highest BCUT2D eigenvalue weighted by atomic mass is 16.5. The molecule has 0 spiro atoms. The summed E-state index contributed by atoms with van der Waals surface area (Å²) < 4.78 is 16.1. The van der Waals surface area contributed by atoms with Crippen LogP contribution in [-0.2, 0) is 25.6 Å². The quantitative estimate of drug-likeness (QED) is 0.409. The number of benzene rings is 1. The van der Waals surface area contributed by atoms with E-state index < -0.39 is 0 Å². The first-order chi connectivity index (χ1) is 11.8. The maximum absolute atomic E-state index is 12.0. The van der Waals surface area contributed by atoms with Crippen molar-refractivity contribution in [1.29, 1.82) is 0 Å². The highest BCUT2D eigenvalue weighted by Crippen LogP contribution is 2.01. The molecule has 6 nitrogen and oxygen atoms in total. The third kappa shape index (κ3) is 10.3. The van der Waals surface area contributed by atoms with Gasteiger partial charge in [0.15, 0.2) is 0 Å². The lowest BCUT2D eigenvalue weighted by atomic mass is 10.2. The van der Waals surface area contributed by atoms with Crippen LogP contribution >= 0.6 is 0 Å². The van der Waals surface area contributed by atoms with Crippen LogP contribution in [-0.4, -0.2) is 68.6 Å². The Morgan fingerprint density at radius 1 is 1.04 bits per heavy atom. The van der Waals surface area contributed by atoms with Gasteiger partial charge in [-0.15, -0.1) is 0 Å². The van der Waals surface area contributed by atoms with Gasteiger partial charge in [-0.2, -0.15) is 0 Å². The molecule has 0 aliphatic heterocycles. The first-order valence-electron chi connectivity index (χ1n) is 8.44. The minimum atomic E-state index is -0.267. The lowest BCUT2D eigenvalue weighted by Crippen LogP contribution is -2.36. The molecular formula is C18H29NO5. The molecule has 0 bridgehead atoms. The van der Waals surface area contributed by atoms with E-state index in [2.05, 4.69) is 6.92 Å². The first-order valence-corrected chi connectivity index (χ1v) is 8.44. The van der Waals surface area contributed by atoms with Crippen molar-refractivity contribution in [3.63, 3.8) is 0 Å². The van der Waals surface area contributed by atoms with Gasteiger partial charge in [-0.1, -0.05) is 37.3 Å². The van der Waals surface area contributed by atoms with E-state index in [-0.39, 0.29) is 25.7 Å². The fourth-order valence-electron chi connectivity index (χ4n) is 2.04. The predicted octanol–water partition coefficient (Wildman–Crippen LogP) is 1.47. The monoisotopic (exact) mass is 339 g/mol. The van der Waals surface area contributed by atoms with E-state index in [0.29, 0.717) is 39.5 Å². The highest BCUT2D eigenvalue weighted by molar-refractivity contribution is 5.71. The summed E-state index contributed by atoms with van der Waals surface area (Å²) in [5.74, 6) is -0.267. The van der Waals surface area contributed by atoms with Gasteiger partial charge in [-0.05, 0) is 12.0 Å². The maximum Gasteiger partial charge on any atom is 0.320 e. The van der Waals surface area contributed by atoms with Crippen molar-refractivity contribution in [1.82, 2.24) is 4.90 Å². The molecule has 0 aromatic heterocycles. The van der Waals surface area contributed by atoms with E-state index in [1.165, 1.54) is 0 Å². The molecule has 1 aromatic carbocycles. The SMILES string of the molecule is CCCOCCN(CCOCCO)CC(=O)OCc1ccccc1. The molecule has 1 rings (SSSR count). The van der Waals surface area contributed by atoms with Gasteiger partial charge in [0, 0.05) is 19.7 Å². The van der Waals surface area contributed by atoms with Gasteiger partial charge in [0.2, 0.25) is 0 Å². The molecule has 136 valence electrons. The number of aliphatic hydroxyl groups excluding tert-OH is 1. The van der Waals surface area contributed by atoms with Gasteiger partial charge in [0.05, 0.1) is 33.0 Å². The normalized spacial score (nSPS) is 11.0. The number of hydrogen-bond donors (Lipinski definition) is 1. The van der Waals surface area contributed by atoms with Crippen molar-refractivity contribution < 1.29 is 24.1 Å². The van der Waals surface area contributed by atoms with Crippen molar-refractivity contribution in [3.8, 4) is 0 Å². The Balaban J connectivity index is 2.32. The molecule has 0 aliphatic rings. The van der Waals surface area contributed by atoms with E-state index in [0.717, 1.165) is 12.0 Å². The van der Waals surface area contributed by atoms with Crippen LogP contribution in [0.15, 0.2) is 30.3 Å². The summed E-state index contributed by atoms with van der Waals surface area (Å²) in [4.78, 5) is 14.0. The van der Waals surface area contributed by atoms with Gasteiger partial charge in [0.25, 0.3) is 0 Å². The molecule has 0 aliphatic carbocycles. The van der Waals surface area contributed by atoms with Gasteiger partial charge < -0.3 is 19.3 Å². The minimum absolute atomic E-state index is 0.00126. The summed E-state index contributed by atoms with van der Waals surface area (Å²) in [6.07, 6.45) is 0.971. The summed E-state index contributed by atoms with van der Waals surface area (Å²) in [5, 5.41) is 8.72. The van der Waals surface area contributed by atoms with E-state index in [1.807, 2.05) is 35.2 Å². The molecule has 0 saturated carbocycles. The van der Waals surface area contributed by atoms with Gasteiger partial charge in [-0.25, -0.2) is 0 Å². The molecular weight excluding hydrogens is 310 g/mol. The molecule has 0 radical (unpaired) electrons. The average Bonchev–Trinajstić information content (AvgIpc) is 2.61. The van der Waals surface area contributed by atoms with Crippen LogP contribution in [0.1, 0.15) is 18.9 Å². The van der Waals surface area contributed by atoms with Crippen LogP contribution in [0.2, 0.25) is 0 Å². The first kappa shape index (κ1) is 20.6. The molecule has 0 amide bonds. The number of carbonyl (C=O) groups is 1. The van der Waals surface area contributed by atoms with Crippen molar-refractivity contribution in [3.05, 3.63) is 35.9 Å². The van der Waals surface area contributed by atoms with Gasteiger partial charge >= 0.3 is 5.97 Å². The number of hydrogen-bond acceptors (Lipinski definition) is 6. The number of ether oxygens (including phenoxy) is 3. The third-order valence-corrected chi connectivity index (χ3v) is 3.28. The van der Waals surface area contributed by atoms with E-state index in [4.69, 9.17) is 19.3 Å². The Hall–Kier alpha value is -1.47. The van der Waals surface area contributed by atoms with Crippen LogP contribution in [0.4, 0.5) is 0 Å². The smallest absolute Gasteiger partial charge is 0.320 e. The van der Waals surface area contributed by atoms with Crippen molar-refractivity contribution in [2.75, 3.05) is 52.7 Å². The van der Waals surface area contributed by atoms with Crippen LogP contribution in [0.25, 0.3) is 0 Å². The average molecular weight is 339 g/mol. The molecule has 1 aromatic rings. The highest BCUT2D eigenvalue weighted by Gasteiger charge is 2.12. The zero-order valence-electron chi connectivity index (χ0n) is 14.5. The summed E-state index contributed by atoms with van der Waals surface area (Å²) in [7, 11) is 0. The molecule has 0 fully saturated rings. The minimum Gasteiger partial charge on any atom is -0.460 e. The lowest BCUT2D eigenvalue weighted by molar-refractivity contribution is -0.146. The number of aliphatic hydroxyl groups is 1. The summed E-state index contributed by atoms with van der Waals surface area (Å²) in [6, 6.07) is 9.60. The summed E-state index contributed by atoms with van der Waals surface area (Å²) in [5.41, 5.74) is 0.968. The van der Waals surface area contributed by atoms with Crippen LogP contribution in [0, 0.1) is 0 Å². The van der Waals surface area contributed by atoms with E-state index >= 15 is 0 Å². The number of carbonyl (C=O) groups excluding carboxylic acids is 1. The van der Waals surface area contributed by atoms with Crippen LogP contribution < -0.4 is 0 Å². The number of esters is 1. The van der Waals surface area contributed by atoms with Crippen molar-refractivity contribution in [2.24, 2.45) is 0 Å². The molecule has 0 atom stereocenters. The molecule has 0 heterocycles. The van der Waals surface area contributed by atoms with Crippen LogP contribution in [0.3, 0.4) is 0 Å². The van der Waals surface area contributed by atoms with Crippen molar-refractivity contribution >= 4 is 5.97 Å². The number of nitrogens with zero attached hydrogens (tertiary/aromatic N) is 1. The number of rotatable bonds is 14. The van der Waals surface area contributed by atoms with Crippen molar-refractivity contribution in [2.45, 2.75) is 20.0 Å². The Kier molecular flexibility index (Phi) is 11.9. The second-order valence-corrected chi connectivity index (χ2v) is 5.37. The molecule has 1 N–H and O–H groups in total. The molecule has 0 saturated heterocycles. The van der Waals surface area contributed by atoms with Gasteiger partial charge in [-0.3, -0.25) is 9.69 Å². The molecule has 0 unspecified atom stereocenters. The zero-order chi connectivity index (χ0) is 17.5. The zero-order valence-corrected chi connectivity index (χ0v) is 14.5. The largest absolute Gasteiger partial charge is 0.460 e. The summed E-state index contributed by atoms with van der Waals surface area (Å²) >= 11 is 0. The maximum atomic E-state index is 12.0. The van der Waals surface area contributed by atoms with E-state index in [1.54, 1.807) is 0 Å². The standard InChI is InChI=1S/C18H29NO5/c1-2-11-22-12-8-19(9-13-23-14-10-20)15-18(21)24-16-17-6-4-3-5-7-17/h3-7,20H,2,8-16H2,1H3. The fraction of sp³-hybridized carbons (Fsp3) is 0.611. The van der Waals surface area contributed by atoms with E-state index in [9.17, 15) is 4.79 Å².